The lowest BCUT2D eigenvalue weighted by Gasteiger charge is -2.32. The van der Waals surface area contributed by atoms with Gasteiger partial charge in [-0.1, -0.05) is 37.1 Å². The van der Waals surface area contributed by atoms with E-state index >= 15 is 0 Å². The predicted octanol–water partition coefficient (Wildman–Crippen LogP) is 3.69. The second-order valence-electron chi connectivity index (χ2n) is 6.49. The maximum absolute atomic E-state index is 3.66. The third kappa shape index (κ3) is 4.07. The molecule has 2 heteroatoms. The van der Waals surface area contributed by atoms with Gasteiger partial charge in [0.15, 0.2) is 0 Å². The van der Waals surface area contributed by atoms with Crippen molar-refractivity contribution in [2.45, 2.75) is 46.1 Å². The number of aryl methyl sites for hydroxylation is 2. The molecule has 2 rings (SSSR count). The van der Waals surface area contributed by atoms with E-state index in [0.717, 1.165) is 19.0 Å². The van der Waals surface area contributed by atoms with Crippen molar-refractivity contribution in [2.24, 2.45) is 5.92 Å². The first-order valence-electron chi connectivity index (χ1n) is 8.09. The number of nitrogens with zero attached hydrogens (tertiary/aromatic N) is 1. The van der Waals surface area contributed by atoms with E-state index in [1.165, 1.54) is 42.5 Å². The van der Waals surface area contributed by atoms with E-state index in [1.54, 1.807) is 0 Å². The zero-order valence-electron chi connectivity index (χ0n) is 13.6. The van der Waals surface area contributed by atoms with Crippen molar-refractivity contribution < 1.29 is 0 Å². The molecule has 0 aromatic heterocycles. The molecule has 0 spiro atoms. The van der Waals surface area contributed by atoms with E-state index in [9.17, 15) is 0 Å². The van der Waals surface area contributed by atoms with E-state index in [-0.39, 0.29) is 0 Å². The van der Waals surface area contributed by atoms with Crippen LogP contribution >= 0.6 is 0 Å². The summed E-state index contributed by atoms with van der Waals surface area (Å²) in [6.07, 6.45) is 4.30. The first-order valence-corrected chi connectivity index (χ1v) is 8.09. The van der Waals surface area contributed by atoms with Gasteiger partial charge in [-0.05, 0) is 57.3 Å². The molecule has 0 heterocycles. The summed E-state index contributed by atoms with van der Waals surface area (Å²) in [5.41, 5.74) is 4.22. The SMILES string of the molecule is CCNC(CN(C)CC1CCC1)c1ccc(C)cc1C. The lowest BCUT2D eigenvalue weighted by atomic mass is 9.85. The Morgan fingerprint density at radius 1 is 1.30 bits per heavy atom. The minimum Gasteiger partial charge on any atom is -0.309 e. The van der Waals surface area contributed by atoms with Gasteiger partial charge in [-0.15, -0.1) is 0 Å². The molecular weight excluding hydrogens is 244 g/mol. The Morgan fingerprint density at radius 3 is 2.60 bits per heavy atom. The quantitative estimate of drug-likeness (QED) is 0.816. The minimum atomic E-state index is 0.450. The summed E-state index contributed by atoms with van der Waals surface area (Å²) in [7, 11) is 2.27. The Bertz CT molecular complexity index is 423. The van der Waals surface area contributed by atoms with Crippen LogP contribution in [0.25, 0.3) is 0 Å². The van der Waals surface area contributed by atoms with Crippen LogP contribution in [-0.4, -0.2) is 31.6 Å². The third-order valence-corrected chi connectivity index (χ3v) is 4.54. The summed E-state index contributed by atoms with van der Waals surface area (Å²) >= 11 is 0. The van der Waals surface area contributed by atoms with Crippen LogP contribution in [0.5, 0.6) is 0 Å². The van der Waals surface area contributed by atoms with Gasteiger partial charge < -0.3 is 10.2 Å². The van der Waals surface area contributed by atoms with E-state index in [0.29, 0.717) is 6.04 Å². The molecule has 1 unspecified atom stereocenters. The van der Waals surface area contributed by atoms with Gasteiger partial charge in [-0.2, -0.15) is 0 Å². The zero-order chi connectivity index (χ0) is 14.5. The largest absolute Gasteiger partial charge is 0.309 e. The number of likely N-dealkylation sites (N-methyl/N-ethyl adjacent to an activating group) is 2. The summed E-state index contributed by atoms with van der Waals surface area (Å²) in [4.78, 5) is 2.51. The average molecular weight is 274 g/mol. The van der Waals surface area contributed by atoms with Crippen LogP contribution in [-0.2, 0) is 0 Å². The highest BCUT2D eigenvalue weighted by Gasteiger charge is 2.21. The Balaban J connectivity index is 2.01. The van der Waals surface area contributed by atoms with E-state index in [2.05, 4.69) is 56.2 Å². The Kier molecular flexibility index (Phi) is 5.62. The Hall–Kier alpha value is -0.860. The summed E-state index contributed by atoms with van der Waals surface area (Å²) in [6, 6.07) is 7.28. The van der Waals surface area contributed by atoms with Gasteiger partial charge in [0.2, 0.25) is 0 Å². The lowest BCUT2D eigenvalue weighted by molar-refractivity contribution is 0.192. The summed E-state index contributed by atoms with van der Waals surface area (Å²) < 4.78 is 0. The summed E-state index contributed by atoms with van der Waals surface area (Å²) in [5.74, 6) is 0.946. The van der Waals surface area contributed by atoms with Crippen LogP contribution in [0, 0.1) is 19.8 Å². The van der Waals surface area contributed by atoms with Crippen molar-refractivity contribution in [1.29, 1.82) is 0 Å². The molecule has 1 N–H and O–H groups in total. The third-order valence-electron chi connectivity index (χ3n) is 4.54. The topological polar surface area (TPSA) is 15.3 Å². The van der Waals surface area contributed by atoms with Gasteiger partial charge in [0.1, 0.15) is 0 Å². The van der Waals surface area contributed by atoms with Crippen LogP contribution in [0.2, 0.25) is 0 Å². The number of hydrogen-bond acceptors (Lipinski definition) is 2. The van der Waals surface area contributed by atoms with Crippen LogP contribution in [0.1, 0.15) is 48.9 Å². The molecule has 0 bridgehead atoms. The van der Waals surface area contributed by atoms with Gasteiger partial charge in [0, 0.05) is 19.1 Å². The summed E-state index contributed by atoms with van der Waals surface area (Å²) in [6.45, 7) is 9.99. The normalized spacial score (nSPS) is 17.2. The van der Waals surface area contributed by atoms with Crippen LogP contribution in [0.3, 0.4) is 0 Å². The average Bonchev–Trinajstić information content (AvgIpc) is 2.33. The van der Waals surface area contributed by atoms with E-state index in [1.807, 2.05) is 0 Å². The minimum absolute atomic E-state index is 0.450. The number of nitrogens with one attached hydrogen (secondary N) is 1. The Labute approximate surface area is 124 Å². The van der Waals surface area contributed by atoms with Gasteiger partial charge in [0.05, 0.1) is 0 Å². The molecule has 0 amide bonds. The van der Waals surface area contributed by atoms with Crippen molar-refractivity contribution in [3.63, 3.8) is 0 Å². The fourth-order valence-electron chi connectivity index (χ4n) is 3.24. The smallest absolute Gasteiger partial charge is 0.0451 e. The van der Waals surface area contributed by atoms with Gasteiger partial charge >= 0.3 is 0 Å². The van der Waals surface area contributed by atoms with E-state index < -0.39 is 0 Å². The molecular formula is C18H30N2. The van der Waals surface area contributed by atoms with Crippen molar-refractivity contribution in [3.05, 3.63) is 34.9 Å². The highest BCUT2D eigenvalue weighted by molar-refractivity contribution is 5.33. The standard InChI is InChI=1S/C18H30N2/c1-5-19-18(13-20(4)12-16-7-6-8-16)17-10-9-14(2)11-15(17)3/h9-11,16,18-19H,5-8,12-13H2,1-4H3. The van der Waals surface area contributed by atoms with Crippen LogP contribution in [0.4, 0.5) is 0 Å². The maximum Gasteiger partial charge on any atom is 0.0451 e. The van der Waals surface area contributed by atoms with Gasteiger partial charge in [-0.3, -0.25) is 0 Å². The molecule has 0 radical (unpaired) electrons. The maximum atomic E-state index is 3.66. The lowest BCUT2D eigenvalue weighted by Crippen LogP contribution is -2.37. The monoisotopic (exact) mass is 274 g/mol. The van der Waals surface area contributed by atoms with Crippen LogP contribution in [0.15, 0.2) is 18.2 Å². The molecule has 1 aromatic rings. The van der Waals surface area contributed by atoms with Crippen molar-refractivity contribution in [3.8, 4) is 0 Å². The first-order chi connectivity index (χ1) is 9.60. The van der Waals surface area contributed by atoms with Crippen molar-refractivity contribution >= 4 is 0 Å². The zero-order valence-corrected chi connectivity index (χ0v) is 13.6. The van der Waals surface area contributed by atoms with E-state index in [4.69, 9.17) is 0 Å². The fourth-order valence-corrected chi connectivity index (χ4v) is 3.24. The second-order valence-corrected chi connectivity index (χ2v) is 6.49. The number of benzene rings is 1. The molecule has 1 aliphatic carbocycles. The molecule has 112 valence electrons. The van der Waals surface area contributed by atoms with Crippen molar-refractivity contribution in [2.75, 3.05) is 26.7 Å². The molecule has 20 heavy (non-hydrogen) atoms. The van der Waals surface area contributed by atoms with Gasteiger partial charge in [-0.25, -0.2) is 0 Å². The van der Waals surface area contributed by atoms with Gasteiger partial charge in [0.25, 0.3) is 0 Å². The molecule has 1 fully saturated rings. The first kappa shape index (κ1) is 15.5. The molecule has 1 aliphatic rings. The molecule has 2 nitrogen and oxygen atoms in total. The molecule has 0 saturated heterocycles. The van der Waals surface area contributed by atoms with Crippen LogP contribution < -0.4 is 5.32 Å². The highest BCUT2D eigenvalue weighted by Crippen LogP contribution is 2.27. The fraction of sp³-hybridized carbons (Fsp3) is 0.667. The Morgan fingerprint density at radius 2 is 2.05 bits per heavy atom. The summed E-state index contributed by atoms with van der Waals surface area (Å²) in [5, 5.41) is 3.66. The molecule has 1 saturated carbocycles. The highest BCUT2D eigenvalue weighted by atomic mass is 15.1. The second kappa shape index (κ2) is 7.24. The van der Waals surface area contributed by atoms with Crippen molar-refractivity contribution in [1.82, 2.24) is 10.2 Å². The predicted molar refractivity (Wildman–Crippen MR) is 87.2 cm³/mol. The molecule has 1 aromatic carbocycles. The molecule has 0 aliphatic heterocycles. The number of hydrogen-bond donors (Lipinski definition) is 1. The number of rotatable bonds is 7. The molecule has 1 atom stereocenters.